The minimum Gasteiger partial charge on any atom is -0.463 e. The minimum atomic E-state index is -1.31. The SMILES string of the molecule is Cc1ccc(C(C)(O)CNc2nc3sccn3c2[N+](=O)[O-])o1. The molecule has 0 saturated carbocycles. The van der Waals surface area contributed by atoms with E-state index in [-0.39, 0.29) is 18.2 Å². The van der Waals surface area contributed by atoms with Gasteiger partial charge in [0.05, 0.1) is 6.54 Å². The number of furan rings is 1. The maximum atomic E-state index is 11.2. The standard InChI is InChI=1S/C13H14N4O4S/c1-8-3-4-9(21-8)13(2,18)7-14-10-11(17(19)20)16-5-6-22-12(16)15-10/h3-6,14,18H,7H2,1-2H3. The number of nitrogens with zero attached hydrogens (tertiary/aromatic N) is 3. The molecule has 0 aliphatic rings. The third-order valence-electron chi connectivity index (χ3n) is 3.28. The van der Waals surface area contributed by atoms with Crippen LogP contribution in [-0.4, -0.2) is 26.0 Å². The van der Waals surface area contributed by atoms with Crippen molar-refractivity contribution in [2.75, 3.05) is 11.9 Å². The van der Waals surface area contributed by atoms with Crippen LogP contribution >= 0.6 is 11.3 Å². The van der Waals surface area contributed by atoms with E-state index in [1.165, 1.54) is 15.7 Å². The highest BCUT2D eigenvalue weighted by atomic mass is 32.1. The second-order valence-corrected chi connectivity index (χ2v) is 6.01. The molecule has 9 heteroatoms. The Hall–Kier alpha value is -2.39. The van der Waals surface area contributed by atoms with Crippen molar-refractivity contribution in [2.24, 2.45) is 0 Å². The maximum Gasteiger partial charge on any atom is 0.372 e. The van der Waals surface area contributed by atoms with Crippen LogP contribution in [0, 0.1) is 17.0 Å². The summed E-state index contributed by atoms with van der Waals surface area (Å²) in [6, 6.07) is 3.43. The molecule has 0 fully saturated rings. The van der Waals surface area contributed by atoms with Gasteiger partial charge in [-0.25, -0.2) is 0 Å². The van der Waals surface area contributed by atoms with Crippen molar-refractivity contribution in [3.8, 4) is 0 Å². The fraction of sp³-hybridized carbons (Fsp3) is 0.308. The number of nitrogens with one attached hydrogen (secondary N) is 1. The number of aromatic nitrogens is 2. The van der Waals surface area contributed by atoms with Crippen LogP contribution in [0.4, 0.5) is 11.6 Å². The van der Waals surface area contributed by atoms with Crippen LogP contribution in [0.5, 0.6) is 0 Å². The normalized spacial score (nSPS) is 14.1. The zero-order valence-corrected chi connectivity index (χ0v) is 12.8. The Bertz CT molecular complexity index is 832. The van der Waals surface area contributed by atoms with Crippen molar-refractivity contribution in [3.63, 3.8) is 0 Å². The molecule has 3 heterocycles. The molecule has 0 aliphatic heterocycles. The smallest absolute Gasteiger partial charge is 0.372 e. The Morgan fingerprint density at radius 3 is 3.00 bits per heavy atom. The van der Waals surface area contributed by atoms with Crippen LogP contribution in [0.1, 0.15) is 18.4 Å². The highest BCUT2D eigenvalue weighted by Gasteiger charge is 2.30. The number of imidazole rings is 1. The lowest BCUT2D eigenvalue weighted by Gasteiger charge is -2.20. The quantitative estimate of drug-likeness (QED) is 0.552. The molecule has 0 radical (unpaired) electrons. The fourth-order valence-corrected chi connectivity index (χ4v) is 2.84. The van der Waals surface area contributed by atoms with E-state index >= 15 is 0 Å². The van der Waals surface area contributed by atoms with Gasteiger partial charge in [0.1, 0.15) is 23.3 Å². The molecule has 3 rings (SSSR count). The van der Waals surface area contributed by atoms with E-state index in [1.807, 2.05) is 0 Å². The van der Waals surface area contributed by atoms with E-state index in [4.69, 9.17) is 4.42 Å². The van der Waals surface area contributed by atoms with E-state index < -0.39 is 10.5 Å². The fourth-order valence-electron chi connectivity index (χ4n) is 2.13. The molecule has 3 aromatic rings. The Balaban J connectivity index is 1.86. The summed E-state index contributed by atoms with van der Waals surface area (Å²) in [5.74, 6) is 1.05. The van der Waals surface area contributed by atoms with E-state index in [0.29, 0.717) is 16.5 Å². The van der Waals surface area contributed by atoms with Crippen LogP contribution in [0.2, 0.25) is 0 Å². The molecule has 0 spiro atoms. The molecule has 3 aromatic heterocycles. The monoisotopic (exact) mass is 322 g/mol. The number of anilines is 1. The van der Waals surface area contributed by atoms with Crippen LogP contribution < -0.4 is 5.32 Å². The summed E-state index contributed by atoms with van der Waals surface area (Å²) in [6.45, 7) is 3.38. The summed E-state index contributed by atoms with van der Waals surface area (Å²) in [7, 11) is 0. The van der Waals surface area contributed by atoms with E-state index in [2.05, 4.69) is 10.3 Å². The molecule has 116 valence electrons. The first kappa shape index (κ1) is 14.5. The van der Waals surface area contributed by atoms with Crippen molar-refractivity contribution in [1.82, 2.24) is 9.38 Å². The highest BCUT2D eigenvalue weighted by Crippen LogP contribution is 2.30. The number of rotatable bonds is 5. The van der Waals surface area contributed by atoms with Crippen LogP contribution in [-0.2, 0) is 5.60 Å². The van der Waals surface area contributed by atoms with Gasteiger partial charge in [0.2, 0.25) is 5.82 Å². The van der Waals surface area contributed by atoms with Gasteiger partial charge in [0.25, 0.3) is 4.96 Å². The third kappa shape index (κ3) is 2.44. The predicted molar refractivity (Wildman–Crippen MR) is 81.2 cm³/mol. The Morgan fingerprint density at radius 1 is 1.59 bits per heavy atom. The largest absolute Gasteiger partial charge is 0.463 e. The number of aliphatic hydroxyl groups is 1. The molecule has 0 aromatic carbocycles. The molecule has 2 N–H and O–H groups in total. The molecule has 1 atom stereocenters. The maximum absolute atomic E-state index is 11.2. The molecule has 0 aliphatic carbocycles. The second kappa shape index (κ2) is 5.11. The highest BCUT2D eigenvalue weighted by molar-refractivity contribution is 7.15. The van der Waals surface area contributed by atoms with Gasteiger partial charge in [0, 0.05) is 5.38 Å². The summed E-state index contributed by atoms with van der Waals surface area (Å²) in [5.41, 5.74) is -1.31. The van der Waals surface area contributed by atoms with Gasteiger partial charge in [-0.2, -0.15) is 9.38 Å². The topological polar surface area (TPSA) is 106 Å². The number of aryl methyl sites for hydroxylation is 1. The predicted octanol–water partition coefficient (Wildman–Crippen LogP) is 2.53. The van der Waals surface area contributed by atoms with Gasteiger partial charge >= 0.3 is 5.82 Å². The lowest BCUT2D eigenvalue weighted by atomic mass is 10.0. The number of hydrogen-bond acceptors (Lipinski definition) is 7. The van der Waals surface area contributed by atoms with Crippen molar-refractivity contribution in [3.05, 3.63) is 45.3 Å². The van der Waals surface area contributed by atoms with Gasteiger partial charge in [0.15, 0.2) is 0 Å². The molecule has 0 amide bonds. The third-order valence-corrected chi connectivity index (χ3v) is 4.04. The first-order valence-corrected chi connectivity index (χ1v) is 7.39. The van der Waals surface area contributed by atoms with E-state index in [1.54, 1.807) is 37.6 Å². The lowest BCUT2D eigenvalue weighted by molar-refractivity contribution is -0.389. The van der Waals surface area contributed by atoms with Crippen molar-refractivity contribution in [2.45, 2.75) is 19.4 Å². The number of hydrogen-bond donors (Lipinski definition) is 2. The molecule has 8 nitrogen and oxygen atoms in total. The summed E-state index contributed by atoms with van der Waals surface area (Å²) in [4.78, 5) is 15.4. The van der Waals surface area contributed by atoms with E-state index in [9.17, 15) is 15.2 Å². The van der Waals surface area contributed by atoms with Crippen LogP contribution in [0.25, 0.3) is 4.96 Å². The Labute approximate surface area is 129 Å². The van der Waals surface area contributed by atoms with Gasteiger partial charge in [-0.1, -0.05) is 11.3 Å². The van der Waals surface area contributed by atoms with Gasteiger partial charge in [-0.3, -0.25) is 0 Å². The molecular weight excluding hydrogens is 308 g/mol. The minimum absolute atomic E-state index is 0.0334. The Morgan fingerprint density at radius 2 is 2.36 bits per heavy atom. The number of fused-ring (bicyclic) bond motifs is 1. The summed E-state index contributed by atoms with van der Waals surface area (Å²) >= 11 is 1.30. The number of thiazole rings is 1. The summed E-state index contributed by atoms with van der Waals surface area (Å²) in [5, 5.41) is 26.2. The average molecular weight is 322 g/mol. The van der Waals surface area contributed by atoms with Crippen molar-refractivity contribution >= 4 is 27.9 Å². The summed E-state index contributed by atoms with van der Waals surface area (Å²) in [6.07, 6.45) is 1.59. The lowest BCUT2D eigenvalue weighted by Crippen LogP contribution is -2.30. The van der Waals surface area contributed by atoms with Crippen molar-refractivity contribution < 1.29 is 14.4 Å². The van der Waals surface area contributed by atoms with E-state index in [0.717, 1.165) is 0 Å². The molecular formula is C13H14N4O4S. The second-order valence-electron chi connectivity index (χ2n) is 5.13. The van der Waals surface area contributed by atoms with Crippen LogP contribution in [0.3, 0.4) is 0 Å². The molecule has 0 saturated heterocycles. The summed E-state index contributed by atoms with van der Waals surface area (Å²) < 4.78 is 6.81. The first-order valence-electron chi connectivity index (χ1n) is 6.51. The Kier molecular flexibility index (Phi) is 3.38. The molecule has 22 heavy (non-hydrogen) atoms. The zero-order chi connectivity index (χ0) is 15.9. The molecule has 1 unspecified atom stereocenters. The zero-order valence-electron chi connectivity index (χ0n) is 11.9. The molecule has 0 bridgehead atoms. The van der Waals surface area contributed by atoms with Gasteiger partial charge in [-0.05, 0) is 30.9 Å². The van der Waals surface area contributed by atoms with Gasteiger partial charge in [-0.15, -0.1) is 0 Å². The van der Waals surface area contributed by atoms with Crippen LogP contribution in [0.15, 0.2) is 28.1 Å². The average Bonchev–Trinajstić information content (AvgIpc) is 3.10. The van der Waals surface area contributed by atoms with Gasteiger partial charge < -0.3 is 25.0 Å². The van der Waals surface area contributed by atoms with Crippen molar-refractivity contribution in [1.29, 1.82) is 0 Å². The number of nitro groups is 1. The first-order chi connectivity index (χ1) is 10.4.